The fourth-order valence-electron chi connectivity index (χ4n) is 3.96. The third-order valence-electron chi connectivity index (χ3n) is 5.71. The molecule has 0 radical (unpaired) electrons. The van der Waals surface area contributed by atoms with Gasteiger partial charge < -0.3 is 4.42 Å². The molecule has 9 nitrogen and oxygen atoms in total. The van der Waals surface area contributed by atoms with Crippen molar-refractivity contribution in [3.05, 3.63) is 79.7 Å². The molecule has 0 amide bonds. The number of piperazine rings is 1. The number of non-ortho nitro benzene ring substituents is 1. The van der Waals surface area contributed by atoms with Crippen molar-refractivity contribution in [1.82, 2.24) is 9.21 Å². The smallest absolute Gasteiger partial charge is 0.336 e. The second kappa shape index (κ2) is 8.45. The lowest BCUT2D eigenvalue weighted by molar-refractivity contribution is -0.385. The van der Waals surface area contributed by atoms with Crippen molar-refractivity contribution in [2.75, 3.05) is 26.2 Å². The third kappa shape index (κ3) is 4.29. The van der Waals surface area contributed by atoms with Crippen LogP contribution < -0.4 is 5.63 Å². The normalized spacial score (nSPS) is 15.8. The Morgan fingerprint density at radius 1 is 1.03 bits per heavy atom. The van der Waals surface area contributed by atoms with Gasteiger partial charge in [0.15, 0.2) is 0 Å². The van der Waals surface area contributed by atoms with Gasteiger partial charge in [0.05, 0.1) is 9.82 Å². The highest BCUT2D eigenvalue weighted by molar-refractivity contribution is 7.89. The molecule has 3 aromatic rings. The van der Waals surface area contributed by atoms with E-state index in [1.54, 1.807) is 6.92 Å². The van der Waals surface area contributed by atoms with E-state index in [1.807, 2.05) is 25.1 Å². The standard InChI is InChI=1S/C22H23N3O6S/c1-15-3-6-19-17(12-22(26)31-20(19)11-15)14-23-7-9-24(10-8-23)32(29,30)21-13-18(25(27)28)5-4-16(21)2/h3-6,11-13H,7-10,14H2,1-2H3. The molecule has 0 N–H and O–H groups in total. The van der Waals surface area contributed by atoms with Crippen LogP contribution in [0.1, 0.15) is 16.7 Å². The zero-order valence-corrected chi connectivity index (χ0v) is 18.6. The predicted molar refractivity (Wildman–Crippen MR) is 119 cm³/mol. The highest BCUT2D eigenvalue weighted by atomic mass is 32.2. The second-order valence-corrected chi connectivity index (χ2v) is 9.88. The summed E-state index contributed by atoms with van der Waals surface area (Å²) in [5.74, 6) is 0. The van der Waals surface area contributed by atoms with Crippen LogP contribution in [0.2, 0.25) is 0 Å². The maximum atomic E-state index is 13.1. The van der Waals surface area contributed by atoms with Crippen LogP contribution in [0.5, 0.6) is 0 Å². The number of benzene rings is 2. The van der Waals surface area contributed by atoms with Crippen LogP contribution in [0.25, 0.3) is 11.0 Å². The molecule has 0 spiro atoms. The number of hydrogen-bond donors (Lipinski definition) is 0. The molecule has 4 rings (SSSR count). The number of nitro groups is 1. The van der Waals surface area contributed by atoms with Crippen LogP contribution >= 0.6 is 0 Å². The number of fused-ring (bicyclic) bond motifs is 1. The molecular formula is C22H23N3O6S. The van der Waals surface area contributed by atoms with Crippen LogP contribution in [0.4, 0.5) is 5.69 Å². The van der Waals surface area contributed by atoms with E-state index in [4.69, 9.17) is 4.42 Å². The molecule has 1 saturated heterocycles. The van der Waals surface area contributed by atoms with Gasteiger partial charge in [-0.1, -0.05) is 18.2 Å². The first kappa shape index (κ1) is 22.1. The van der Waals surface area contributed by atoms with Gasteiger partial charge in [0, 0.05) is 56.3 Å². The highest BCUT2D eigenvalue weighted by Gasteiger charge is 2.31. The van der Waals surface area contributed by atoms with Gasteiger partial charge >= 0.3 is 5.63 Å². The van der Waals surface area contributed by atoms with Gasteiger partial charge in [-0.05, 0) is 36.6 Å². The van der Waals surface area contributed by atoms with E-state index in [9.17, 15) is 23.3 Å². The quantitative estimate of drug-likeness (QED) is 0.329. The highest BCUT2D eigenvalue weighted by Crippen LogP contribution is 2.26. The first-order valence-electron chi connectivity index (χ1n) is 10.2. The molecule has 2 aromatic carbocycles. The average molecular weight is 458 g/mol. The maximum absolute atomic E-state index is 13.1. The van der Waals surface area contributed by atoms with Crippen molar-refractivity contribution in [2.45, 2.75) is 25.3 Å². The summed E-state index contributed by atoms with van der Waals surface area (Å²) in [6, 6.07) is 11.1. The first-order chi connectivity index (χ1) is 15.1. The summed E-state index contributed by atoms with van der Waals surface area (Å²) in [5, 5.41) is 11.9. The minimum atomic E-state index is -3.85. The lowest BCUT2D eigenvalue weighted by Crippen LogP contribution is -2.48. The Kier molecular flexibility index (Phi) is 5.85. The number of hydrogen-bond acceptors (Lipinski definition) is 7. The molecule has 32 heavy (non-hydrogen) atoms. The van der Waals surface area contributed by atoms with Crippen LogP contribution in [-0.2, 0) is 16.6 Å². The Labute approximate surface area is 185 Å². The van der Waals surface area contributed by atoms with Gasteiger partial charge in [0.1, 0.15) is 5.58 Å². The minimum Gasteiger partial charge on any atom is -0.423 e. The van der Waals surface area contributed by atoms with E-state index in [0.29, 0.717) is 30.8 Å². The number of nitro benzene ring substituents is 1. The molecule has 0 atom stereocenters. The second-order valence-electron chi connectivity index (χ2n) is 7.98. The van der Waals surface area contributed by atoms with Gasteiger partial charge in [0.2, 0.25) is 10.0 Å². The van der Waals surface area contributed by atoms with Crippen molar-refractivity contribution in [3.8, 4) is 0 Å². The van der Waals surface area contributed by atoms with Crippen LogP contribution in [-0.4, -0.2) is 48.7 Å². The van der Waals surface area contributed by atoms with Crippen molar-refractivity contribution in [2.24, 2.45) is 0 Å². The monoisotopic (exact) mass is 457 g/mol. The van der Waals surface area contributed by atoms with E-state index >= 15 is 0 Å². The minimum absolute atomic E-state index is 0.0396. The SMILES string of the molecule is Cc1ccc2c(CN3CCN(S(=O)(=O)c4cc([N+](=O)[O-])ccc4C)CC3)cc(=O)oc2c1. The summed E-state index contributed by atoms with van der Waals surface area (Å²) in [4.78, 5) is 24.5. The Balaban J connectivity index is 1.52. The molecule has 1 aliphatic rings. The van der Waals surface area contributed by atoms with E-state index in [2.05, 4.69) is 4.90 Å². The number of nitrogens with zero attached hydrogens (tertiary/aromatic N) is 3. The third-order valence-corrected chi connectivity index (χ3v) is 7.75. The van der Waals surface area contributed by atoms with Gasteiger partial charge in [-0.3, -0.25) is 15.0 Å². The van der Waals surface area contributed by atoms with Crippen LogP contribution in [0.3, 0.4) is 0 Å². The molecule has 0 unspecified atom stereocenters. The van der Waals surface area contributed by atoms with Gasteiger partial charge in [0.25, 0.3) is 5.69 Å². The van der Waals surface area contributed by atoms with E-state index < -0.39 is 20.6 Å². The molecule has 0 bridgehead atoms. The topological polar surface area (TPSA) is 114 Å². The molecule has 1 aliphatic heterocycles. The summed E-state index contributed by atoms with van der Waals surface area (Å²) in [6.07, 6.45) is 0. The molecule has 1 fully saturated rings. The first-order valence-corrected chi connectivity index (χ1v) is 11.6. The van der Waals surface area contributed by atoms with Crippen molar-refractivity contribution in [3.63, 3.8) is 0 Å². The Morgan fingerprint density at radius 3 is 2.44 bits per heavy atom. The van der Waals surface area contributed by atoms with Crippen LogP contribution in [0, 0.1) is 24.0 Å². The largest absolute Gasteiger partial charge is 0.423 e. The molecule has 168 valence electrons. The molecular weight excluding hydrogens is 434 g/mol. The Hall–Kier alpha value is -3.08. The summed E-state index contributed by atoms with van der Waals surface area (Å²) >= 11 is 0. The zero-order valence-electron chi connectivity index (χ0n) is 17.8. The maximum Gasteiger partial charge on any atom is 0.336 e. The van der Waals surface area contributed by atoms with Gasteiger partial charge in [-0.25, -0.2) is 13.2 Å². The molecule has 0 aliphatic carbocycles. The van der Waals surface area contributed by atoms with Gasteiger partial charge in [-0.2, -0.15) is 4.31 Å². The van der Waals surface area contributed by atoms with E-state index in [-0.39, 0.29) is 23.7 Å². The number of sulfonamides is 1. The fraction of sp³-hybridized carbons (Fsp3) is 0.318. The van der Waals surface area contributed by atoms with Gasteiger partial charge in [-0.15, -0.1) is 0 Å². The summed E-state index contributed by atoms with van der Waals surface area (Å²) in [7, 11) is -3.85. The molecule has 2 heterocycles. The Morgan fingerprint density at radius 2 is 1.75 bits per heavy atom. The molecule has 1 aromatic heterocycles. The molecule has 10 heteroatoms. The number of rotatable bonds is 5. The molecule has 0 saturated carbocycles. The predicted octanol–water partition coefficient (Wildman–Crippen LogP) is 2.82. The fourth-order valence-corrected chi connectivity index (χ4v) is 5.62. The summed E-state index contributed by atoms with van der Waals surface area (Å²) < 4.78 is 32.9. The van der Waals surface area contributed by atoms with Crippen molar-refractivity contribution in [1.29, 1.82) is 0 Å². The summed E-state index contributed by atoms with van der Waals surface area (Å²) in [5.41, 5.74) is 2.17. The lowest BCUT2D eigenvalue weighted by atomic mass is 10.1. The van der Waals surface area contributed by atoms with E-state index in [0.717, 1.165) is 22.6 Å². The van der Waals surface area contributed by atoms with E-state index in [1.165, 1.54) is 22.5 Å². The Bertz CT molecular complexity index is 1360. The van der Waals surface area contributed by atoms with Crippen molar-refractivity contribution < 1.29 is 17.8 Å². The van der Waals surface area contributed by atoms with Crippen LogP contribution in [0.15, 0.2) is 56.6 Å². The lowest BCUT2D eigenvalue weighted by Gasteiger charge is -2.34. The number of aryl methyl sites for hydroxylation is 2. The van der Waals surface area contributed by atoms with Crippen molar-refractivity contribution >= 4 is 26.7 Å². The summed E-state index contributed by atoms with van der Waals surface area (Å²) in [6.45, 7) is 5.50. The average Bonchev–Trinajstić information content (AvgIpc) is 2.73. The zero-order chi connectivity index (χ0) is 23.0.